The fourth-order valence-corrected chi connectivity index (χ4v) is 4.29. The number of aliphatic hydroxyl groups is 1. The van der Waals surface area contributed by atoms with Crippen LogP contribution in [0.4, 0.5) is 35.1 Å². The second-order valence-corrected chi connectivity index (χ2v) is 10.1. The molecule has 0 bridgehead atoms. The highest BCUT2D eigenvalue weighted by atomic mass is 19.4. The van der Waals surface area contributed by atoms with Gasteiger partial charge in [-0.3, -0.25) is 0 Å². The van der Waals surface area contributed by atoms with Crippen LogP contribution in [0, 0.1) is 17.7 Å². The lowest BCUT2D eigenvalue weighted by Gasteiger charge is -2.28. The minimum atomic E-state index is -6.69. The molecule has 1 N–H and O–H groups in total. The van der Waals surface area contributed by atoms with Gasteiger partial charge in [-0.05, 0) is 49.3 Å². The molecule has 1 aliphatic rings. The maximum absolute atomic E-state index is 14.2. The van der Waals surface area contributed by atoms with Crippen molar-refractivity contribution in [3.63, 3.8) is 0 Å². The van der Waals surface area contributed by atoms with E-state index in [9.17, 15) is 39.9 Å². The minimum Gasteiger partial charge on any atom is -0.419 e. The second kappa shape index (κ2) is 18.5. The standard InChI is InChI=1S/C24H30F8O2.C3H8.C2H6O/c1-2-3-4-5-6-16-7-9-17(10-8-16)11-12-18-13-14-20(19(25)15-18)34-21(33)22(26,27)23(28,29)24(30,31)32;1-3-2;1-2-3/h13-17H,2-12H2,1H3;3H2,1-2H3;3H,2H2,1H3. The molecule has 3 nitrogen and oxygen atoms in total. The van der Waals surface area contributed by atoms with Gasteiger partial charge in [-0.15, -0.1) is 0 Å². The zero-order chi connectivity index (χ0) is 31.0. The second-order valence-electron chi connectivity index (χ2n) is 10.1. The van der Waals surface area contributed by atoms with Crippen molar-refractivity contribution in [1.29, 1.82) is 0 Å². The third-order valence-corrected chi connectivity index (χ3v) is 6.48. The number of hydrogen-bond donors (Lipinski definition) is 1. The van der Waals surface area contributed by atoms with Crippen molar-refractivity contribution in [2.45, 2.75) is 123 Å². The van der Waals surface area contributed by atoms with Crippen LogP contribution in [0.1, 0.15) is 104 Å². The fraction of sp³-hybridized carbons (Fsp3) is 0.759. The highest BCUT2D eigenvalue weighted by Crippen LogP contribution is 2.47. The van der Waals surface area contributed by atoms with Crippen LogP contribution in [-0.4, -0.2) is 35.7 Å². The number of hydrogen-bond acceptors (Lipinski definition) is 3. The predicted molar refractivity (Wildman–Crippen MR) is 139 cm³/mol. The lowest BCUT2D eigenvalue weighted by atomic mass is 9.78. The van der Waals surface area contributed by atoms with E-state index in [1.807, 2.05) is 0 Å². The molecule has 0 radical (unpaired) electrons. The molecule has 1 fully saturated rings. The summed E-state index contributed by atoms with van der Waals surface area (Å²) in [7, 11) is 0. The van der Waals surface area contributed by atoms with E-state index in [0.717, 1.165) is 50.2 Å². The molecule has 1 aromatic rings. The number of carbonyl (C=O) groups excluding carboxylic acids is 1. The van der Waals surface area contributed by atoms with E-state index >= 15 is 0 Å². The summed E-state index contributed by atoms with van der Waals surface area (Å²) in [5, 5.41) is 7.57. The van der Waals surface area contributed by atoms with Gasteiger partial charge in [-0.25, -0.2) is 9.18 Å². The van der Waals surface area contributed by atoms with Crippen LogP contribution >= 0.6 is 0 Å². The molecule has 1 saturated carbocycles. The average molecular weight is 593 g/mol. The molecule has 1 aliphatic carbocycles. The lowest BCUT2D eigenvalue weighted by Crippen LogP contribution is -2.57. The van der Waals surface area contributed by atoms with E-state index in [0.29, 0.717) is 17.9 Å². The Kier molecular flexibility index (Phi) is 17.6. The number of rotatable bonds is 11. The Balaban J connectivity index is 0.00000232. The van der Waals surface area contributed by atoms with E-state index < -0.39 is 35.6 Å². The smallest absolute Gasteiger partial charge is 0.419 e. The van der Waals surface area contributed by atoms with Crippen molar-refractivity contribution in [3.05, 3.63) is 29.6 Å². The molecule has 2 rings (SSSR count). The van der Waals surface area contributed by atoms with Crippen LogP contribution in [0.3, 0.4) is 0 Å². The van der Waals surface area contributed by atoms with Crippen LogP contribution in [-0.2, 0) is 11.2 Å². The minimum absolute atomic E-state index is 0.250. The monoisotopic (exact) mass is 592 g/mol. The van der Waals surface area contributed by atoms with Crippen molar-refractivity contribution in [1.82, 2.24) is 0 Å². The van der Waals surface area contributed by atoms with Gasteiger partial charge in [0.15, 0.2) is 11.6 Å². The van der Waals surface area contributed by atoms with Gasteiger partial charge in [0.1, 0.15) is 0 Å². The first-order valence-electron chi connectivity index (χ1n) is 14.1. The Morgan fingerprint density at radius 1 is 0.875 bits per heavy atom. The number of carbonyl (C=O) groups is 1. The Bertz CT molecular complexity index is 833. The molecular weight excluding hydrogens is 548 g/mol. The summed E-state index contributed by atoms with van der Waals surface area (Å²) in [6, 6.07) is 2.95. The maximum Gasteiger partial charge on any atom is 0.460 e. The molecule has 0 amide bonds. The molecule has 0 atom stereocenters. The van der Waals surface area contributed by atoms with Gasteiger partial charge in [-0.2, -0.15) is 30.7 Å². The van der Waals surface area contributed by atoms with E-state index in [2.05, 4.69) is 25.5 Å². The van der Waals surface area contributed by atoms with E-state index in [1.54, 1.807) is 6.92 Å². The van der Waals surface area contributed by atoms with Gasteiger partial charge < -0.3 is 9.84 Å². The molecule has 0 saturated heterocycles. The summed E-state index contributed by atoms with van der Waals surface area (Å²) < 4.78 is 107. The third kappa shape index (κ3) is 12.3. The van der Waals surface area contributed by atoms with Crippen molar-refractivity contribution in [3.8, 4) is 5.75 Å². The number of ether oxygens (including phenoxy) is 1. The molecule has 234 valence electrons. The number of benzene rings is 1. The summed E-state index contributed by atoms with van der Waals surface area (Å²) >= 11 is 0. The molecule has 0 spiro atoms. The van der Waals surface area contributed by atoms with Crippen molar-refractivity contribution in [2.75, 3.05) is 6.61 Å². The van der Waals surface area contributed by atoms with Crippen LogP contribution in [0.5, 0.6) is 5.75 Å². The zero-order valence-corrected chi connectivity index (χ0v) is 23.9. The number of esters is 1. The van der Waals surface area contributed by atoms with Crippen LogP contribution in [0.25, 0.3) is 0 Å². The first kappa shape index (κ1) is 38.1. The maximum atomic E-state index is 14.2. The molecule has 40 heavy (non-hydrogen) atoms. The van der Waals surface area contributed by atoms with Gasteiger partial charge in [0.05, 0.1) is 0 Å². The SMILES string of the molecule is CCC.CCCCCCC1CCC(CCc2ccc(OC(=O)C(F)(F)C(F)(F)C(F)(F)F)c(F)c2)CC1.CCO. The molecule has 1 aromatic carbocycles. The van der Waals surface area contributed by atoms with E-state index in [-0.39, 0.29) is 6.61 Å². The van der Waals surface area contributed by atoms with Crippen LogP contribution < -0.4 is 4.74 Å². The Labute approximate surface area is 232 Å². The third-order valence-electron chi connectivity index (χ3n) is 6.48. The largest absolute Gasteiger partial charge is 0.460 e. The number of aliphatic hydroxyl groups excluding tert-OH is 1. The molecule has 0 heterocycles. The van der Waals surface area contributed by atoms with E-state index in [4.69, 9.17) is 5.11 Å². The fourth-order valence-electron chi connectivity index (χ4n) is 4.29. The van der Waals surface area contributed by atoms with Gasteiger partial charge in [0.2, 0.25) is 0 Å². The number of aryl methyl sites for hydroxylation is 1. The van der Waals surface area contributed by atoms with Crippen LogP contribution in [0.15, 0.2) is 18.2 Å². The Hall–Kier alpha value is -1.91. The highest BCUT2D eigenvalue weighted by Gasteiger charge is 2.77. The van der Waals surface area contributed by atoms with Crippen molar-refractivity contribution in [2.24, 2.45) is 11.8 Å². The summed E-state index contributed by atoms with van der Waals surface area (Å²) in [6.45, 7) is 8.36. The summed E-state index contributed by atoms with van der Waals surface area (Å²) in [5.41, 5.74) is 0.478. The molecule has 0 aliphatic heterocycles. The van der Waals surface area contributed by atoms with E-state index in [1.165, 1.54) is 44.6 Å². The van der Waals surface area contributed by atoms with Gasteiger partial charge in [0, 0.05) is 6.61 Å². The van der Waals surface area contributed by atoms with Crippen molar-refractivity contribution < 1.29 is 49.8 Å². The average Bonchev–Trinajstić information content (AvgIpc) is 2.87. The Morgan fingerprint density at radius 2 is 1.38 bits per heavy atom. The topological polar surface area (TPSA) is 46.5 Å². The normalized spacial score (nSPS) is 17.7. The number of halogens is 8. The predicted octanol–water partition coefficient (Wildman–Crippen LogP) is 9.69. The molecule has 11 heteroatoms. The number of alkyl halides is 7. The molecule has 0 unspecified atom stereocenters. The summed E-state index contributed by atoms with van der Waals surface area (Å²) in [4.78, 5) is 11.3. The summed E-state index contributed by atoms with van der Waals surface area (Å²) in [6.07, 6.45) is 6.46. The summed E-state index contributed by atoms with van der Waals surface area (Å²) in [5.74, 6) is -17.3. The van der Waals surface area contributed by atoms with Gasteiger partial charge >= 0.3 is 24.0 Å². The Morgan fingerprint density at radius 3 is 1.82 bits per heavy atom. The van der Waals surface area contributed by atoms with Crippen LogP contribution in [0.2, 0.25) is 0 Å². The zero-order valence-electron chi connectivity index (χ0n) is 23.9. The van der Waals surface area contributed by atoms with Gasteiger partial charge in [-0.1, -0.05) is 91.0 Å². The number of unbranched alkanes of at least 4 members (excludes halogenated alkanes) is 3. The molecule has 0 aromatic heterocycles. The quantitative estimate of drug-likeness (QED) is 0.120. The highest BCUT2D eigenvalue weighted by molar-refractivity contribution is 5.81. The van der Waals surface area contributed by atoms with Crippen molar-refractivity contribution >= 4 is 5.97 Å². The molecular formula is C29H44F8O3. The van der Waals surface area contributed by atoms with Gasteiger partial charge in [0.25, 0.3) is 0 Å². The lowest BCUT2D eigenvalue weighted by molar-refractivity contribution is -0.346. The first-order valence-corrected chi connectivity index (χ1v) is 14.1. The first-order chi connectivity index (χ1) is 18.6.